The van der Waals surface area contributed by atoms with Crippen LogP contribution in [0.2, 0.25) is 0 Å². The van der Waals surface area contributed by atoms with Gasteiger partial charge >= 0.3 is 0 Å². The number of carbonyl (C=O) groups excluding carboxylic acids is 2. The van der Waals surface area contributed by atoms with Gasteiger partial charge in [0, 0.05) is 11.5 Å². The fraction of sp³-hybridized carbons (Fsp3) is 0.636. The first-order valence-corrected chi connectivity index (χ1v) is 12.2. The molecule has 4 fully saturated rings. The molecule has 2 unspecified atom stereocenters. The summed E-state index contributed by atoms with van der Waals surface area (Å²) in [6.07, 6.45) is 4.22. The third-order valence-corrected chi connectivity index (χ3v) is 9.10. The summed E-state index contributed by atoms with van der Waals surface area (Å²) in [5.41, 5.74) is 3.95. The molecular formula is C22H31N3O5S. The number of hydrogen-bond acceptors (Lipinski definition) is 5. The fourth-order valence-corrected chi connectivity index (χ4v) is 7.72. The van der Waals surface area contributed by atoms with Crippen molar-refractivity contribution in [3.63, 3.8) is 0 Å². The normalized spacial score (nSPS) is 32.0. The first-order valence-electron chi connectivity index (χ1n) is 10.8. The molecule has 0 aromatic heterocycles. The zero-order valence-corrected chi connectivity index (χ0v) is 19.0. The number of hydrogen-bond donors (Lipinski definition) is 3. The van der Waals surface area contributed by atoms with Crippen molar-refractivity contribution in [1.29, 1.82) is 0 Å². The molecule has 5 rings (SSSR count). The van der Waals surface area contributed by atoms with E-state index in [-0.39, 0.29) is 40.3 Å². The number of sulfonamides is 1. The molecule has 2 amide bonds. The minimum atomic E-state index is -3.98. The van der Waals surface area contributed by atoms with Gasteiger partial charge < -0.3 is 15.8 Å². The Balaban J connectivity index is 1.49. The number of benzene rings is 1. The highest BCUT2D eigenvalue weighted by atomic mass is 32.2. The lowest BCUT2D eigenvalue weighted by atomic mass is 9.47. The zero-order valence-electron chi connectivity index (χ0n) is 18.2. The third kappa shape index (κ3) is 3.82. The van der Waals surface area contributed by atoms with Crippen LogP contribution in [0.1, 0.15) is 46.0 Å². The van der Waals surface area contributed by atoms with Crippen molar-refractivity contribution >= 4 is 21.8 Å². The Morgan fingerprint density at radius 2 is 1.74 bits per heavy atom. The summed E-state index contributed by atoms with van der Waals surface area (Å²) in [4.78, 5) is 25.3. The lowest BCUT2D eigenvalue weighted by Crippen LogP contribution is -2.65. The maximum atomic E-state index is 13.2. The Kier molecular flexibility index (Phi) is 5.33. The van der Waals surface area contributed by atoms with E-state index in [0.29, 0.717) is 18.8 Å². The summed E-state index contributed by atoms with van der Waals surface area (Å²) in [7, 11) is -2.58. The maximum Gasteiger partial charge on any atom is 0.245 e. The van der Waals surface area contributed by atoms with Crippen LogP contribution in [0.4, 0.5) is 0 Å². The van der Waals surface area contributed by atoms with E-state index in [2.05, 4.69) is 10.0 Å². The molecule has 4 bridgehead atoms. The average molecular weight is 450 g/mol. The number of nitrogens with two attached hydrogens (primary N) is 1. The number of amides is 2. The van der Waals surface area contributed by atoms with Crippen molar-refractivity contribution in [3.8, 4) is 5.75 Å². The topological polar surface area (TPSA) is 128 Å². The molecule has 4 N–H and O–H groups in total. The second kappa shape index (κ2) is 7.48. The van der Waals surface area contributed by atoms with Crippen molar-refractivity contribution in [2.24, 2.45) is 28.9 Å². The van der Waals surface area contributed by atoms with Gasteiger partial charge in [0.25, 0.3) is 0 Å². The number of carbonyl (C=O) groups is 2. The molecule has 170 valence electrons. The van der Waals surface area contributed by atoms with Crippen LogP contribution in [0, 0.1) is 23.2 Å². The van der Waals surface area contributed by atoms with Crippen LogP contribution in [0.25, 0.3) is 0 Å². The van der Waals surface area contributed by atoms with Crippen LogP contribution >= 0.6 is 0 Å². The number of nitrogens with one attached hydrogen (secondary N) is 2. The highest BCUT2D eigenvalue weighted by Gasteiger charge is 2.58. The van der Waals surface area contributed by atoms with E-state index in [1.165, 1.54) is 13.2 Å². The Morgan fingerprint density at radius 3 is 2.32 bits per heavy atom. The third-order valence-electron chi connectivity index (χ3n) is 7.41. The summed E-state index contributed by atoms with van der Waals surface area (Å²) < 4.78 is 33.6. The summed E-state index contributed by atoms with van der Waals surface area (Å²) in [6, 6.07) is 6.22. The molecule has 1 aromatic carbocycles. The molecule has 4 saturated carbocycles. The summed E-state index contributed by atoms with van der Waals surface area (Å²) in [5, 5.41) is 3.11. The van der Waals surface area contributed by atoms with E-state index in [0.717, 1.165) is 19.3 Å². The van der Waals surface area contributed by atoms with Gasteiger partial charge in [0.2, 0.25) is 21.8 Å². The highest BCUT2D eigenvalue weighted by Crippen LogP contribution is 2.59. The van der Waals surface area contributed by atoms with Crippen molar-refractivity contribution in [2.45, 2.75) is 62.4 Å². The van der Waals surface area contributed by atoms with Crippen LogP contribution in [0.15, 0.2) is 29.2 Å². The molecule has 9 heteroatoms. The number of ether oxygens (including phenoxy) is 1. The van der Waals surface area contributed by atoms with Crippen LogP contribution < -0.4 is 20.5 Å². The lowest BCUT2D eigenvalue weighted by Gasteiger charge is -2.59. The van der Waals surface area contributed by atoms with Crippen molar-refractivity contribution in [1.82, 2.24) is 10.0 Å². The van der Waals surface area contributed by atoms with E-state index in [9.17, 15) is 18.0 Å². The van der Waals surface area contributed by atoms with Gasteiger partial charge in [-0.2, -0.15) is 4.72 Å². The molecule has 31 heavy (non-hydrogen) atoms. The van der Waals surface area contributed by atoms with E-state index >= 15 is 0 Å². The molecule has 1 aromatic rings. The Bertz CT molecular complexity index is 990. The largest absolute Gasteiger partial charge is 0.495 e. The zero-order chi connectivity index (χ0) is 22.6. The van der Waals surface area contributed by atoms with Gasteiger partial charge in [-0.1, -0.05) is 12.1 Å². The van der Waals surface area contributed by atoms with Gasteiger partial charge in [0.05, 0.1) is 7.11 Å². The first-order chi connectivity index (χ1) is 14.5. The van der Waals surface area contributed by atoms with E-state index in [1.807, 2.05) is 0 Å². The summed E-state index contributed by atoms with van der Waals surface area (Å²) in [6.45, 7) is 3.10. The van der Waals surface area contributed by atoms with Gasteiger partial charge in [-0.3, -0.25) is 9.59 Å². The minimum absolute atomic E-state index is 0.0172. The predicted molar refractivity (Wildman–Crippen MR) is 115 cm³/mol. The van der Waals surface area contributed by atoms with Gasteiger partial charge in [0.15, 0.2) is 0 Å². The average Bonchev–Trinajstić information content (AvgIpc) is 2.69. The van der Waals surface area contributed by atoms with E-state index in [1.54, 1.807) is 32.0 Å². The molecule has 4 aliphatic carbocycles. The number of primary amides is 1. The molecular weight excluding hydrogens is 418 g/mol. The molecule has 0 saturated heterocycles. The molecule has 8 nitrogen and oxygen atoms in total. The second-order valence-electron chi connectivity index (χ2n) is 10.00. The molecule has 0 heterocycles. The van der Waals surface area contributed by atoms with Crippen LogP contribution in [0.5, 0.6) is 5.75 Å². The van der Waals surface area contributed by atoms with Crippen molar-refractivity contribution in [2.75, 3.05) is 7.11 Å². The van der Waals surface area contributed by atoms with Gasteiger partial charge in [-0.05, 0) is 75.8 Å². The summed E-state index contributed by atoms with van der Waals surface area (Å²) in [5.74, 6) is 0.492. The number of methoxy groups -OCH3 is 1. The van der Waals surface area contributed by atoms with Gasteiger partial charge in [-0.15, -0.1) is 0 Å². The van der Waals surface area contributed by atoms with Gasteiger partial charge in [0.1, 0.15) is 16.2 Å². The molecule has 0 radical (unpaired) electrons. The predicted octanol–water partition coefficient (Wildman–Crippen LogP) is 1.55. The quantitative estimate of drug-likeness (QED) is 0.582. The molecule has 0 spiro atoms. The Labute approximate surface area is 183 Å². The second-order valence-corrected chi connectivity index (χ2v) is 11.6. The lowest BCUT2D eigenvalue weighted by molar-refractivity contribution is -0.148. The Hall–Kier alpha value is -2.13. The SMILES string of the molecule is COc1ccccc1S(=O)(=O)NC(C)(C)C(=O)NC1C2CC3CC1CC(C(N)=O)(C3)C2. The van der Waals surface area contributed by atoms with E-state index in [4.69, 9.17) is 10.5 Å². The minimum Gasteiger partial charge on any atom is -0.495 e. The number of rotatable bonds is 7. The molecule has 4 aliphatic rings. The van der Waals surface area contributed by atoms with Crippen molar-refractivity contribution < 1.29 is 22.7 Å². The fourth-order valence-electron chi connectivity index (χ4n) is 6.17. The summed E-state index contributed by atoms with van der Waals surface area (Å²) >= 11 is 0. The van der Waals surface area contributed by atoms with Gasteiger partial charge in [-0.25, -0.2) is 8.42 Å². The first kappa shape index (κ1) is 22.1. The highest BCUT2D eigenvalue weighted by molar-refractivity contribution is 7.89. The van der Waals surface area contributed by atoms with Crippen LogP contribution in [-0.2, 0) is 19.6 Å². The standard InChI is InChI=1S/C22H31N3O5S/c1-21(2,25-31(28,29)17-7-5-4-6-16(17)30-3)20(27)24-18-14-8-13-9-15(18)12-22(10-13,11-14)19(23)26/h4-7,13-15,18,25H,8-12H2,1-3H3,(H2,23,26)(H,24,27). The molecule has 0 aliphatic heterocycles. The molecule has 2 atom stereocenters. The smallest absolute Gasteiger partial charge is 0.245 e. The van der Waals surface area contributed by atoms with Crippen LogP contribution in [-0.4, -0.2) is 38.9 Å². The van der Waals surface area contributed by atoms with Crippen molar-refractivity contribution in [3.05, 3.63) is 24.3 Å². The number of para-hydroxylation sites is 1. The maximum absolute atomic E-state index is 13.2. The van der Waals surface area contributed by atoms with E-state index < -0.39 is 21.0 Å². The van der Waals surface area contributed by atoms with Crippen LogP contribution in [0.3, 0.4) is 0 Å². The monoisotopic (exact) mass is 449 g/mol. The Morgan fingerprint density at radius 1 is 1.13 bits per heavy atom.